The van der Waals surface area contributed by atoms with Crippen molar-refractivity contribution in [1.29, 1.82) is 0 Å². The van der Waals surface area contributed by atoms with Crippen LogP contribution in [0.15, 0.2) is 29.2 Å². The molecule has 1 rings (SSSR count). The lowest BCUT2D eigenvalue weighted by Crippen LogP contribution is -2.19. The fourth-order valence-electron chi connectivity index (χ4n) is 1.21. The summed E-state index contributed by atoms with van der Waals surface area (Å²) in [6.45, 7) is 8.24. The van der Waals surface area contributed by atoms with E-state index in [2.05, 4.69) is 0 Å². The highest BCUT2D eigenvalue weighted by atomic mass is 32.2. The molecule has 0 fully saturated rings. The number of hydrogen-bond donors (Lipinski definition) is 1. The van der Waals surface area contributed by atoms with Crippen LogP contribution < -0.4 is 4.74 Å². The highest BCUT2D eigenvalue weighted by Crippen LogP contribution is 2.32. The van der Waals surface area contributed by atoms with Gasteiger partial charge in [-0.1, -0.05) is 0 Å². The number of rotatable bonds is 5. The Morgan fingerprint density at radius 2 is 1.81 bits per heavy atom. The average molecular weight is 240 g/mol. The van der Waals surface area contributed by atoms with Crippen LogP contribution in [0.2, 0.25) is 0 Å². The quantitative estimate of drug-likeness (QED) is 0.800. The first-order chi connectivity index (χ1) is 7.43. The first kappa shape index (κ1) is 13.4. The second-order valence-electron chi connectivity index (χ2n) is 4.66. The SMILES string of the molecule is CC(C)Oc1ccc(SC(C)(C)CO)cc1. The minimum atomic E-state index is -0.138. The zero-order valence-corrected chi connectivity index (χ0v) is 11.2. The molecule has 0 saturated heterocycles. The minimum absolute atomic E-state index is 0.138. The summed E-state index contributed by atoms with van der Waals surface area (Å²) in [6.07, 6.45) is 0.201. The lowest BCUT2D eigenvalue weighted by molar-refractivity contribution is 0.242. The molecule has 1 aromatic carbocycles. The summed E-state index contributed by atoms with van der Waals surface area (Å²) in [6, 6.07) is 7.99. The lowest BCUT2D eigenvalue weighted by Gasteiger charge is -2.20. The molecule has 0 amide bonds. The van der Waals surface area contributed by atoms with Crippen molar-refractivity contribution >= 4 is 11.8 Å². The van der Waals surface area contributed by atoms with Gasteiger partial charge in [0, 0.05) is 9.64 Å². The topological polar surface area (TPSA) is 29.5 Å². The van der Waals surface area contributed by atoms with Gasteiger partial charge in [-0.05, 0) is 52.0 Å². The van der Waals surface area contributed by atoms with Crippen molar-refractivity contribution in [3.05, 3.63) is 24.3 Å². The molecule has 0 atom stereocenters. The van der Waals surface area contributed by atoms with E-state index in [1.165, 1.54) is 0 Å². The third-order valence-corrected chi connectivity index (χ3v) is 3.16. The molecule has 0 heterocycles. The first-order valence-electron chi connectivity index (χ1n) is 5.49. The number of benzene rings is 1. The van der Waals surface area contributed by atoms with Crippen LogP contribution in [-0.2, 0) is 0 Å². The van der Waals surface area contributed by atoms with Crippen LogP contribution in [-0.4, -0.2) is 22.6 Å². The van der Waals surface area contributed by atoms with Gasteiger partial charge in [-0.3, -0.25) is 0 Å². The van der Waals surface area contributed by atoms with Gasteiger partial charge < -0.3 is 9.84 Å². The van der Waals surface area contributed by atoms with Crippen molar-refractivity contribution in [2.45, 2.75) is 43.4 Å². The summed E-state index contributed by atoms with van der Waals surface area (Å²) in [5.74, 6) is 0.890. The molecule has 0 aromatic heterocycles. The van der Waals surface area contributed by atoms with Crippen LogP contribution in [0.3, 0.4) is 0 Å². The molecule has 0 radical (unpaired) electrons. The van der Waals surface area contributed by atoms with Crippen molar-refractivity contribution < 1.29 is 9.84 Å². The van der Waals surface area contributed by atoms with Gasteiger partial charge in [0.25, 0.3) is 0 Å². The predicted molar refractivity (Wildman–Crippen MR) is 69.2 cm³/mol. The molecular weight excluding hydrogens is 220 g/mol. The molecular formula is C13H20O2S. The average Bonchev–Trinajstić information content (AvgIpc) is 2.20. The Morgan fingerprint density at radius 1 is 1.25 bits per heavy atom. The Bertz CT molecular complexity index is 317. The zero-order valence-electron chi connectivity index (χ0n) is 10.4. The van der Waals surface area contributed by atoms with Gasteiger partial charge in [0.1, 0.15) is 5.75 Å². The van der Waals surface area contributed by atoms with Gasteiger partial charge in [-0.2, -0.15) is 0 Å². The molecule has 2 nitrogen and oxygen atoms in total. The maximum atomic E-state index is 9.18. The normalized spacial score (nSPS) is 11.9. The van der Waals surface area contributed by atoms with Gasteiger partial charge in [0.2, 0.25) is 0 Å². The largest absolute Gasteiger partial charge is 0.491 e. The van der Waals surface area contributed by atoms with E-state index in [1.54, 1.807) is 11.8 Å². The molecule has 0 saturated carbocycles. The van der Waals surface area contributed by atoms with E-state index in [0.29, 0.717) is 0 Å². The molecule has 16 heavy (non-hydrogen) atoms. The summed E-state index contributed by atoms with van der Waals surface area (Å²) in [7, 11) is 0. The van der Waals surface area contributed by atoms with Crippen LogP contribution in [0.4, 0.5) is 0 Å². The van der Waals surface area contributed by atoms with E-state index in [1.807, 2.05) is 52.0 Å². The molecule has 0 aliphatic carbocycles. The Morgan fingerprint density at radius 3 is 2.25 bits per heavy atom. The Labute approximate surface area is 102 Å². The number of thioether (sulfide) groups is 1. The Kier molecular flexibility index (Phi) is 4.69. The standard InChI is InChI=1S/C13H20O2S/c1-10(2)15-11-5-7-12(8-6-11)16-13(3,4)9-14/h5-8,10,14H,9H2,1-4H3. The molecule has 90 valence electrons. The third kappa shape index (κ3) is 4.45. The van der Waals surface area contributed by atoms with E-state index in [0.717, 1.165) is 10.6 Å². The van der Waals surface area contributed by atoms with E-state index in [-0.39, 0.29) is 17.5 Å². The number of aliphatic hydroxyl groups excluding tert-OH is 1. The third-order valence-electron chi connectivity index (χ3n) is 1.97. The van der Waals surface area contributed by atoms with Crippen LogP contribution in [0.5, 0.6) is 5.75 Å². The summed E-state index contributed by atoms with van der Waals surface area (Å²) >= 11 is 1.67. The lowest BCUT2D eigenvalue weighted by atomic mass is 10.2. The smallest absolute Gasteiger partial charge is 0.119 e. The minimum Gasteiger partial charge on any atom is -0.491 e. The maximum Gasteiger partial charge on any atom is 0.119 e. The number of hydrogen-bond acceptors (Lipinski definition) is 3. The summed E-state index contributed by atoms with van der Waals surface area (Å²) in [5, 5.41) is 9.18. The molecule has 0 aliphatic rings. The molecule has 3 heteroatoms. The summed E-state index contributed by atoms with van der Waals surface area (Å²) in [5.41, 5.74) is 0. The monoisotopic (exact) mass is 240 g/mol. The van der Waals surface area contributed by atoms with Crippen LogP contribution in [0.25, 0.3) is 0 Å². The van der Waals surface area contributed by atoms with Gasteiger partial charge >= 0.3 is 0 Å². The highest BCUT2D eigenvalue weighted by Gasteiger charge is 2.17. The summed E-state index contributed by atoms with van der Waals surface area (Å²) in [4.78, 5) is 1.15. The summed E-state index contributed by atoms with van der Waals surface area (Å²) < 4.78 is 5.43. The molecule has 1 aromatic rings. The van der Waals surface area contributed by atoms with Gasteiger partial charge in [-0.25, -0.2) is 0 Å². The zero-order chi connectivity index (χ0) is 12.2. The number of ether oxygens (including phenoxy) is 1. The van der Waals surface area contributed by atoms with Crippen molar-refractivity contribution in [2.24, 2.45) is 0 Å². The van der Waals surface area contributed by atoms with Crippen LogP contribution in [0, 0.1) is 0 Å². The molecule has 0 unspecified atom stereocenters. The van der Waals surface area contributed by atoms with Crippen LogP contribution >= 0.6 is 11.8 Å². The van der Waals surface area contributed by atoms with E-state index in [9.17, 15) is 5.11 Å². The fourth-order valence-corrected chi connectivity index (χ4v) is 2.18. The van der Waals surface area contributed by atoms with Gasteiger partial charge in [-0.15, -0.1) is 11.8 Å². The van der Waals surface area contributed by atoms with Crippen molar-refractivity contribution in [1.82, 2.24) is 0 Å². The second-order valence-corrected chi connectivity index (χ2v) is 6.44. The second kappa shape index (κ2) is 5.60. The van der Waals surface area contributed by atoms with Crippen molar-refractivity contribution in [3.63, 3.8) is 0 Å². The van der Waals surface area contributed by atoms with E-state index < -0.39 is 0 Å². The van der Waals surface area contributed by atoms with Gasteiger partial charge in [0.15, 0.2) is 0 Å². The van der Waals surface area contributed by atoms with E-state index >= 15 is 0 Å². The van der Waals surface area contributed by atoms with E-state index in [4.69, 9.17) is 4.74 Å². The Hall–Kier alpha value is -0.670. The predicted octanol–water partition coefficient (Wildman–Crippen LogP) is 3.34. The van der Waals surface area contributed by atoms with Crippen LogP contribution in [0.1, 0.15) is 27.7 Å². The Balaban J connectivity index is 2.64. The first-order valence-corrected chi connectivity index (χ1v) is 6.31. The number of aliphatic hydroxyl groups is 1. The molecule has 0 bridgehead atoms. The molecule has 1 N–H and O–H groups in total. The van der Waals surface area contributed by atoms with Crippen molar-refractivity contribution in [2.75, 3.05) is 6.61 Å². The molecule has 0 spiro atoms. The molecule has 0 aliphatic heterocycles. The van der Waals surface area contributed by atoms with Gasteiger partial charge in [0.05, 0.1) is 12.7 Å². The highest BCUT2D eigenvalue weighted by molar-refractivity contribution is 8.00. The fraction of sp³-hybridized carbons (Fsp3) is 0.538. The maximum absolute atomic E-state index is 9.18. The van der Waals surface area contributed by atoms with Crippen molar-refractivity contribution in [3.8, 4) is 5.75 Å².